The zero-order valence-corrected chi connectivity index (χ0v) is 13.4. The topological polar surface area (TPSA) is 52.6 Å². The minimum Gasteiger partial charge on any atom is -0.480 e. The minimum absolute atomic E-state index is 0.403. The fourth-order valence-corrected chi connectivity index (χ4v) is 3.51. The lowest BCUT2D eigenvalue weighted by Crippen LogP contribution is -2.53. The van der Waals surface area contributed by atoms with Crippen LogP contribution in [0.2, 0.25) is 0 Å². The fourth-order valence-electron chi connectivity index (χ4n) is 3.51. The molecule has 0 aromatic carbocycles. The molecule has 2 aliphatic rings. The number of rotatable bonds is 7. The lowest BCUT2D eigenvalue weighted by molar-refractivity contribution is -0.145. The predicted molar refractivity (Wildman–Crippen MR) is 80.8 cm³/mol. The molecule has 0 aliphatic heterocycles. The van der Waals surface area contributed by atoms with Gasteiger partial charge in [0.25, 0.3) is 0 Å². The molecule has 0 aromatic rings. The zero-order valence-electron chi connectivity index (χ0n) is 13.4. The van der Waals surface area contributed by atoms with E-state index in [0.717, 1.165) is 38.6 Å². The average molecular weight is 282 g/mol. The molecular weight excluding hydrogens is 252 g/mol. The van der Waals surface area contributed by atoms with E-state index in [-0.39, 0.29) is 0 Å². The molecule has 20 heavy (non-hydrogen) atoms. The van der Waals surface area contributed by atoms with Crippen LogP contribution in [0.15, 0.2) is 0 Å². The van der Waals surface area contributed by atoms with Crippen molar-refractivity contribution in [3.8, 4) is 0 Å². The molecule has 4 nitrogen and oxygen atoms in total. The van der Waals surface area contributed by atoms with Gasteiger partial charge in [-0.05, 0) is 51.9 Å². The lowest BCUT2D eigenvalue weighted by Gasteiger charge is -2.35. The molecule has 116 valence electrons. The number of nitrogens with zero attached hydrogens (tertiary/aromatic N) is 1. The third-order valence-electron chi connectivity index (χ3n) is 4.66. The Kier molecular flexibility index (Phi) is 4.75. The summed E-state index contributed by atoms with van der Waals surface area (Å²) in [5.41, 5.74) is -0.671. The second kappa shape index (κ2) is 6.02. The first-order valence-corrected chi connectivity index (χ1v) is 8.11. The molecular formula is C16H30N2O2. The van der Waals surface area contributed by atoms with E-state index in [1.54, 1.807) is 0 Å². The van der Waals surface area contributed by atoms with E-state index in [1.807, 2.05) is 0 Å². The number of nitrogens with one attached hydrogen (secondary N) is 1. The summed E-state index contributed by atoms with van der Waals surface area (Å²) in [7, 11) is 0. The van der Waals surface area contributed by atoms with Crippen molar-refractivity contribution >= 4 is 5.97 Å². The average Bonchev–Trinajstić information content (AvgIpc) is 3.03. The monoisotopic (exact) mass is 282 g/mol. The maximum atomic E-state index is 11.8. The molecule has 0 saturated heterocycles. The van der Waals surface area contributed by atoms with Crippen LogP contribution in [-0.2, 0) is 4.79 Å². The van der Waals surface area contributed by atoms with Gasteiger partial charge in [0.15, 0.2) is 0 Å². The highest BCUT2D eigenvalue weighted by atomic mass is 16.4. The summed E-state index contributed by atoms with van der Waals surface area (Å²) in [5.74, 6) is -0.0335. The summed E-state index contributed by atoms with van der Waals surface area (Å²) in [4.78, 5) is 14.3. The molecule has 4 heteroatoms. The third-order valence-corrected chi connectivity index (χ3v) is 4.66. The first-order valence-electron chi connectivity index (χ1n) is 8.11. The van der Waals surface area contributed by atoms with Crippen molar-refractivity contribution in [1.82, 2.24) is 10.2 Å². The highest BCUT2D eigenvalue weighted by Crippen LogP contribution is 2.37. The molecule has 0 radical (unpaired) electrons. The summed E-state index contributed by atoms with van der Waals surface area (Å²) in [5, 5.41) is 13.1. The normalized spacial score (nSPS) is 30.6. The lowest BCUT2D eigenvalue weighted by atomic mass is 9.96. The van der Waals surface area contributed by atoms with Gasteiger partial charge in [0, 0.05) is 24.7 Å². The number of hydrogen-bond donors (Lipinski definition) is 2. The van der Waals surface area contributed by atoms with Crippen molar-refractivity contribution in [2.75, 3.05) is 6.54 Å². The largest absolute Gasteiger partial charge is 0.480 e. The molecule has 2 saturated carbocycles. The van der Waals surface area contributed by atoms with Gasteiger partial charge in [-0.2, -0.15) is 0 Å². The van der Waals surface area contributed by atoms with E-state index in [4.69, 9.17) is 0 Å². The summed E-state index contributed by atoms with van der Waals surface area (Å²) in [6.07, 6.45) is 4.80. The second-order valence-corrected chi connectivity index (χ2v) is 7.39. The van der Waals surface area contributed by atoms with Crippen LogP contribution >= 0.6 is 0 Å². The van der Waals surface area contributed by atoms with E-state index in [1.165, 1.54) is 0 Å². The SMILES string of the molecule is CC(C)CN(C(C)C)C1CCC(NC2CC2)(C(=O)O)C1. The number of aliphatic carboxylic acids is 1. The summed E-state index contributed by atoms with van der Waals surface area (Å²) < 4.78 is 0. The Balaban J connectivity index is 2.05. The highest BCUT2D eigenvalue weighted by Gasteiger charge is 2.49. The Labute approximate surface area is 122 Å². The van der Waals surface area contributed by atoms with Gasteiger partial charge in [0.2, 0.25) is 0 Å². The number of carboxylic acid groups (broad SMARTS) is 1. The minimum atomic E-state index is -0.671. The molecule has 0 amide bonds. The van der Waals surface area contributed by atoms with Gasteiger partial charge in [0.1, 0.15) is 5.54 Å². The molecule has 0 heterocycles. The van der Waals surface area contributed by atoms with Crippen molar-refractivity contribution in [2.45, 2.75) is 83.5 Å². The molecule has 2 N–H and O–H groups in total. The first-order chi connectivity index (χ1) is 9.34. The second-order valence-electron chi connectivity index (χ2n) is 7.39. The van der Waals surface area contributed by atoms with Gasteiger partial charge < -0.3 is 5.11 Å². The van der Waals surface area contributed by atoms with Crippen LogP contribution < -0.4 is 5.32 Å². The maximum Gasteiger partial charge on any atom is 0.323 e. The first kappa shape index (κ1) is 15.8. The van der Waals surface area contributed by atoms with Crippen LogP contribution in [0, 0.1) is 5.92 Å². The van der Waals surface area contributed by atoms with E-state index in [9.17, 15) is 9.90 Å². The standard InChI is InChI=1S/C16H30N2O2/c1-11(2)10-18(12(3)4)14-7-8-16(9-14,15(19)20)17-13-5-6-13/h11-14,17H,5-10H2,1-4H3,(H,19,20). The summed E-state index contributed by atoms with van der Waals surface area (Å²) >= 11 is 0. The smallest absolute Gasteiger partial charge is 0.323 e. The van der Waals surface area contributed by atoms with Crippen molar-refractivity contribution in [3.63, 3.8) is 0 Å². The molecule has 0 bridgehead atoms. The summed E-state index contributed by atoms with van der Waals surface area (Å²) in [6, 6.07) is 1.33. The van der Waals surface area contributed by atoms with E-state index < -0.39 is 11.5 Å². The molecule has 0 spiro atoms. The molecule has 2 atom stereocenters. The number of carboxylic acids is 1. The summed E-state index contributed by atoms with van der Waals surface area (Å²) in [6.45, 7) is 9.96. The van der Waals surface area contributed by atoms with Gasteiger partial charge in [-0.1, -0.05) is 13.8 Å². The van der Waals surface area contributed by atoms with Crippen molar-refractivity contribution in [3.05, 3.63) is 0 Å². The Morgan fingerprint density at radius 3 is 2.40 bits per heavy atom. The van der Waals surface area contributed by atoms with E-state index in [0.29, 0.717) is 24.0 Å². The molecule has 0 aromatic heterocycles. The Morgan fingerprint density at radius 1 is 1.30 bits per heavy atom. The zero-order chi connectivity index (χ0) is 14.9. The molecule has 2 rings (SSSR count). The quantitative estimate of drug-likeness (QED) is 0.753. The van der Waals surface area contributed by atoms with Crippen LogP contribution in [0.5, 0.6) is 0 Å². The van der Waals surface area contributed by atoms with Crippen molar-refractivity contribution in [1.29, 1.82) is 0 Å². The Morgan fingerprint density at radius 2 is 1.95 bits per heavy atom. The third kappa shape index (κ3) is 3.53. The fraction of sp³-hybridized carbons (Fsp3) is 0.938. The van der Waals surface area contributed by atoms with Gasteiger partial charge >= 0.3 is 5.97 Å². The number of carbonyl (C=O) groups is 1. The number of hydrogen-bond acceptors (Lipinski definition) is 3. The maximum absolute atomic E-state index is 11.8. The van der Waals surface area contributed by atoms with Crippen LogP contribution in [0.1, 0.15) is 59.8 Å². The van der Waals surface area contributed by atoms with Crippen molar-refractivity contribution in [2.24, 2.45) is 5.92 Å². The van der Waals surface area contributed by atoms with Gasteiger partial charge in [-0.25, -0.2) is 0 Å². The van der Waals surface area contributed by atoms with Crippen molar-refractivity contribution < 1.29 is 9.90 Å². The highest BCUT2D eigenvalue weighted by molar-refractivity contribution is 5.79. The van der Waals surface area contributed by atoms with Gasteiger partial charge in [0.05, 0.1) is 0 Å². The Bertz CT molecular complexity index is 352. The van der Waals surface area contributed by atoms with Gasteiger partial charge in [-0.15, -0.1) is 0 Å². The molecule has 2 fully saturated rings. The van der Waals surface area contributed by atoms with E-state index in [2.05, 4.69) is 37.9 Å². The van der Waals surface area contributed by atoms with Crippen LogP contribution in [0.4, 0.5) is 0 Å². The van der Waals surface area contributed by atoms with Crippen LogP contribution in [0.25, 0.3) is 0 Å². The van der Waals surface area contributed by atoms with Crippen LogP contribution in [0.3, 0.4) is 0 Å². The Hall–Kier alpha value is -0.610. The van der Waals surface area contributed by atoms with Crippen LogP contribution in [-0.4, -0.2) is 46.2 Å². The molecule has 2 aliphatic carbocycles. The van der Waals surface area contributed by atoms with Gasteiger partial charge in [-0.3, -0.25) is 15.0 Å². The predicted octanol–water partition coefficient (Wildman–Crippen LogP) is 2.48. The molecule has 2 unspecified atom stereocenters. The van der Waals surface area contributed by atoms with E-state index >= 15 is 0 Å².